The second-order valence-corrected chi connectivity index (χ2v) is 6.74. The Hall–Kier alpha value is -3.14. The van der Waals surface area contributed by atoms with Gasteiger partial charge in [0.15, 0.2) is 0 Å². The molecule has 1 aliphatic heterocycles. The summed E-state index contributed by atoms with van der Waals surface area (Å²) in [5.41, 5.74) is 0.802. The molecule has 9 nitrogen and oxygen atoms in total. The van der Waals surface area contributed by atoms with E-state index in [4.69, 9.17) is 0 Å². The molecule has 0 aliphatic carbocycles. The summed E-state index contributed by atoms with van der Waals surface area (Å²) < 4.78 is 4.47. The number of amides is 3. The number of benzene rings is 1. The summed E-state index contributed by atoms with van der Waals surface area (Å²) in [6, 6.07) is 6.69. The van der Waals surface area contributed by atoms with Crippen LogP contribution in [-0.4, -0.2) is 52.4 Å². The summed E-state index contributed by atoms with van der Waals surface area (Å²) in [6.07, 6.45) is 0.297. The van der Waals surface area contributed by atoms with E-state index in [9.17, 15) is 19.2 Å². The Balaban J connectivity index is 1.53. The molecule has 3 rings (SSSR count). The molecule has 2 heterocycles. The van der Waals surface area contributed by atoms with Crippen LogP contribution in [-0.2, 0) is 20.7 Å². The summed E-state index contributed by atoms with van der Waals surface area (Å²) in [4.78, 5) is 48.6. The fraction of sp³-hybridized carbons (Fsp3) is 0.294. The number of carbonyl (C=O) groups excluding carboxylic acids is 4. The van der Waals surface area contributed by atoms with Crippen LogP contribution >= 0.6 is 11.3 Å². The van der Waals surface area contributed by atoms with Gasteiger partial charge in [-0.25, -0.2) is 0 Å². The number of nitrogens with zero attached hydrogens (tertiary/aromatic N) is 3. The molecule has 0 bridgehead atoms. The third-order valence-electron chi connectivity index (χ3n) is 3.92. The number of nitrogens with one attached hydrogen (secondary N) is 1. The van der Waals surface area contributed by atoms with Crippen molar-refractivity contribution in [2.75, 3.05) is 19.0 Å². The van der Waals surface area contributed by atoms with Gasteiger partial charge in [0.2, 0.25) is 11.0 Å². The van der Waals surface area contributed by atoms with Crippen molar-refractivity contribution in [2.45, 2.75) is 19.3 Å². The zero-order valence-corrected chi connectivity index (χ0v) is 15.2. The number of imide groups is 1. The summed E-state index contributed by atoms with van der Waals surface area (Å²) >= 11 is 1.15. The number of rotatable bonds is 7. The first kappa shape index (κ1) is 18.6. The Labute approximate surface area is 158 Å². The second kappa shape index (κ2) is 8.04. The number of esters is 1. The molecule has 10 heteroatoms. The van der Waals surface area contributed by atoms with Gasteiger partial charge >= 0.3 is 5.97 Å². The van der Waals surface area contributed by atoms with E-state index in [2.05, 4.69) is 20.3 Å². The number of anilines is 1. The smallest absolute Gasteiger partial charge is 0.306 e. The van der Waals surface area contributed by atoms with Crippen LogP contribution in [0.3, 0.4) is 0 Å². The van der Waals surface area contributed by atoms with E-state index in [1.54, 1.807) is 24.3 Å². The number of ether oxygens (including phenoxy) is 1. The lowest BCUT2D eigenvalue weighted by atomic mass is 10.1. The Bertz CT molecular complexity index is 875. The van der Waals surface area contributed by atoms with Crippen LogP contribution in [0.2, 0.25) is 0 Å². The largest absolute Gasteiger partial charge is 0.469 e. The van der Waals surface area contributed by atoms with Gasteiger partial charge in [0.05, 0.1) is 24.7 Å². The molecule has 0 unspecified atom stereocenters. The monoisotopic (exact) mass is 388 g/mol. The van der Waals surface area contributed by atoms with Crippen LogP contribution in [0.25, 0.3) is 0 Å². The molecule has 0 saturated heterocycles. The minimum Gasteiger partial charge on any atom is -0.469 e. The fourth-order valence-corrected chi connectivity index (χ4v) is 3.30. The maximum Gasteiger partial charge on any atom is 0.306 e. The summed E-state index contributed by atoms with van der Waals surface area (Å²) in [6.45, 7) is 0.178. The molecule has 0 saturated carbocycles. The van der Waals surface area contributed by atoms with Crippen molar-refractivity contribution < 1.29 is 23.9 Å². The topological polar surface area (TPSA) is 119 Å². The average Bonchev–Trinajstić information content (AvgIpc) is 3.21. The Morgan fingerprint density at radius 3 is 2.41 bits per heavy atom. The number of hydrogen-bond acceptors (Lipinski definition) is 8. The van der Waals surface area contributed by atoms with Crippen molar-refractivity contribution in [2.24, 2.45) is 0 Å². The second-order valence-electron chi connectivity index (χ2n) is 5.68. The maximum absolute atomic E-state index is 12.3. The predicted octanol–water partition coefficient (Wildman–Crippen LogP) is 1.27. The molecule has 0 fully saturated rings. The molecule has 0 spiro atoms. The molecule has 1 aromatic carbocycles. The van der Waals surface area contributed by atoms with Crippen molar-refractivity contribution in [3.05, 3.63) is 40.4 Å². The third-order valence-corrected chi connectivity index (χ3v) is 4.82. The van der Waals surface area contributed by atoms with Crippen molar-refractivity contribution in [3.63, 3.8) is 0 Å². The van der Waals surface area contributed by atoms with E-state index in [0.29, 0.717) is 27.7 Å². The lowest BCUT2D eigenvalue weighted by Gasteiger charge is -2.12. The van der Waals surface area contributed by atoms with E-state index >= 15 is 0 Å². The molecule has 1 aromatic heterocycles. The molecule has 27 heavy (non-hydrogen) atoms. The molecular weight excluding hydrogens is 372 g/mol. The Morgan fingerprint density at radius 2 is 1.78 bits per heavy atom. The van der Waals surface area contributed by atoms with Crippen LogP contribution in [0.5, 0.6) is 0 Å². The number of carbonyl (C=O) groups is 4. The van der Waals surface area contributed by atoms with E-state index in [-0.39, 0.29) is 37.1 Å². The lowest BCUT2D eigenvalue weighted by molar-refractivity contribution is -0.141. The first-order valence-corrected chi connectivity index (χ1v) is 8.95. The minimum absolute atomic E-state index is 0.0172. The summed E-state index contributed by atoms with van der Waals surface area (Å²) in [5.74, 6) is -1.49. The van der Waals surface area contributed by atoms with Crippen LogP contribution in [0.15, 0.2) is 24.3 Å². The van der Waals surface area contributed by atoms with Crippen LogP contribution in [0, 0.1) is 0 Å². The summed E-state index contributed by atoms with van der Waals surface area (Å²) in [7, 11) is 1.26. The highest BCUT2D eigenvalue weighted by molar-refractivity contribution is 7.15. The van der Waals surface area contributed by atoms with Crippen molar-refractivity contribution in [3.8, 4) is 0 Å². The zero-order chi connectivity index (χ0) is 19.4. The maximum atomic E-state index is 12.3. The van der Waals surface area contributed by atoms with Gasteiger partial charge in [-0.05, 0) is 12.1 Å². The van der Waals surface area contributed by atoms with Gasteiger partial charge < -0.3 is 10.1 Å². The predicted molar refractivity (Wildman–Crippen MR) is 95.3 cm³/mol. The minimum atomic E-state index is -0.468. The van der Waals surface area contributed by atoms with Gasteiger partial charge in [-0.2, -0.15) is 0 Å². The number of aromatic nitrogens is 2. The molecular formula is C17H16N4O5S. The van der Waals surface area contributed by atoms with Gasteiger partial charge in [-0.1, -0.05) is 23.5 Å². The van der Waals surface area contributed by atoms with Crippen LogP contribution in [0.4, 0.5) is 5.13 Å². The zero-order valence-electron chi connectivity index (χ0n) is 14.4. The van der Waals surface area contributed by atoms with Gasteiger partial charge in [-0.3, -0.25) is 24.1 Å². The van der Waals surface area contributed by atoms with Crippen LogP contribution < -0.4 is 5.32 Å². The van der Waals surface area contributed by atoms with Gasteiger partial charge in [0.25, 0.3) is 11.8 Å². The van der Waals surface area contributed by atoms with Gasteiger partial charge in [0.1, 0.15) is 5.01 Å². The van der Waals surface area contributed by atoms with Crippen molar-refractivity contribution in [1.82, 2.24) is 15.1 Å². The highest BCUT2D eigenvalue weighted by atomic mass is 32.1. The van der Waals surface area contributed by atoms with Gasteiger partial charge in [-0.15, -0.1) is 10.2 Å². The number of methoxy groups -OCH3 is 1. The third kappa shape index (κ3) is 4.17. The van der Waals surface area contributed by atoms with E-state index in [0.717, 1.165) is 11.3 Å². The van der Waals surface area contributed by atoms with Crippen molar-refractivity contribution in [1.29, 1.82) is 0 Å². The standard InChI is InChI=1S/C17H16N4O5S/c1-26-14(23)7-6-12(22)18-17-20-19-13(27-17)8-9-21-15(24)10-4-2-3-5-11(10)16(21)25/h2-5H,6-9H2,1H3,(H,18,20,22). The molecule has 1 N–H and O–H groups in total. The first-order chi connectivity index (χ1) is 13.0. The fourth-order valence-electron chi connectivity index (χ4n) is 2.55. The normalized spacial score (nSPS) is 12.9. The molecule has 0 radical (unpaired) electrons. The lowest BCUT2D eigenvalue weighted by Crippen LogP contribution is -2.31. The highest BCUT2D eigenvalue weighted by Gasteiger charge is 2.34. The van der Waals surface area contributed by atoms with Crippen molar-refractivity contribution >= 4 is 40.2 Å². The van der Waals surface area contributed by atoms with E-state index in [1.165, 1.54) is 12.0 Å². The molecule has 140 valence electrons. The number of fused-ring (bicyclic) bond motifs is 1. The first-order valence-electron chi connectivity index (χ1n) is 8.14. The molecule has 3 amide bonds. The SMILES string of the molecule is COC(=O)CCC(=O)Nc1nnc(CCN2C(=O)c3ccccc3C2=O)s1. The molecule has 2 aromatic rings. The molecule has 1 aliphatic rings. The van der Waals surface area contributed by atoms with E-state index < -0.39 is 5.97 Å². The Morgan fingerprint density at radius 1 is 1.11 bits per heavy atom. The van der Waals surface area contributed by atoms with Gasteiger partial charge in [0, 0.05) is 19.4 Å². The average molecular weight is 388 g/mol. The Kier molecular flexibility index (Phi) is 5.55. The summed E-state index contributed by atoms with van der Waals surface area (Å²) in [5, 5.41) is 11.2. The highest BCUT2D eigenvalue weighted by Crippen LogP contribution is 2.23. The quantitative estimate of drug-likeness (QED) is 0.560. The molecule has 0 atom stereocenters. The number of hydrogen-bond donors (Lipinski definition) is 1. The van der Waals surface area contributed by atoms with Crippen LogP contribution in [0.1, 0.15) is 38.6 Å². The van der Waals surface area contributed by atoms with E-state index in [1.807, 2.05) is 0 Å².